The van der Waals surface area contributed by atoms with Gasteiger partial charge in [-0.3, -0.25) is 4.79 Å². The van der Waals surface area contributed by atoms with E-state index in [1.807, 2.05) is 53.3 Å². The minimum absolute atomic E-state index is 0.162. The van der Waals surface area contributed by atoms with Crippen LogP contribution in [0.2, 0.25) is 5.02 Å². The summed E-state index contributed by atoms with van der Waals surface area (Å²) in [5.74, 6) is 0.521. The fraction of sp³-hybridized carbons (Fsp3) is 0.150. The van der Waals surface area contributed by atoms with Crippen LogP contribution < -0.4 is 10.1 Å². The highest BCUT2D eigenvalue weighted by molar-refractivity contribution is 7.14. The number of hydrogen-bond donors (Lipinski definition) is 1. The number of rotatable bonds is 5. The Labute approximate surface area is 170 Å². The average Bonchev–Trinajstić information content (AvgIpc) is 3.31. The van der Waals surface area contributed by atoms with Crippen LogP contribution in [0.3, 0.4) is 0 Å². The number of thiazole rings is 1. The molecule has 0 fully saturated rings. The van der Waals surface area contributed by atoms with Crippen LogP contribution in [-0.4, -0.2) is 27.6 Å². The van der Waals surface area contributed by atoms with Gasteiger partial charge in [0.2, 0.25) is 5.91 Å². The maximum Gasteiger partial charge on any atom is 0.246 e. The number of nitrogens with zero attached hydrogens (tertiary/aromatic N) is 3. The molecule has 0 saturated heterocycles. The van der Waals surface area contributed by atoms with E-state index in [0.29, 0.717) is 21.6 Å². The van der Waals surface area contributed by atoms with Gasteiger partial charge in [0, 0.05) is 16.0 Å². The lowest BCUT2D eigenvalue weighted by Gasteiger charge is -2.09. The number of carbonyl (C=O) groups excluding carboxylic acids is 1. The monoisotopic (exact) mass is 412 g/mol. The van der Waals surface area contributed by atoms with Gasteiger partial charge >= 0.3 is 0 Å². The summed E-state index contributed by atoms with van der Waals surface area (Å²) in [7, 11) is 1.61. The molecule has 0 unspecified atom stereocenters. The number of aromatic nitrogens is 3. The highest BCUT2D eigenvalue weighted by Crippen LogP contribution is 2.36. The zero-order chi connectivity index (χ0) is 19.7. The third-order valence-corrected chi connectivity index (χ3v) is 5.51. The molecule has 4 aromatic rings. The number of hydrogen-bond acceptors (Lipinski definition) is 5. The van der Waals surface area contributed by atoms with Gasteiger partial charge in [-0.1, -0.05) is 23.7 Å². The van der Waals surface area contributed by atoms with Gasteiger partial charge in [-0.25, -0.2) is 9.97 Å². The zero-order valence-electron chi connectivity index (χ0n) is 15.3. The van der Waals surface area contributed by atoms with E-state index in [4.69, 9.17) is 16.3 Å². The van der Waals surface area contributed by atoms with Crippen molar-refractivity contribution in [3.63, 3.8) is 0 Å². The summed E-state index contributed by atoms with van der Waals surface area (Å²) in [6.07, 6.45) is 1.66. The second kappa shape index (κ2) is 7.61. The number of ether oxygens (including phenoxy) is 1. The van der Waals surface area contributed by atoms with E-state index in [0.717, 1.165) is 22.2 Å². The Morgan fingerprint density at radius 2 is 2.14 bits per heavy atom. The second-order valence-electron chi connectivity index (χ2n) is 6.25. The van der Waals surface area contributed by atoms with E-state index in [1.54, 1.807) is 13.4 Å². The quantitative estimate of drug-likeness (QED) is 0.512. The predicted octanol–water partition coefficient (Wildman–Crippen LogP) is 4.77. The number of anilines is 1. The molecule has 8 heteroatoms. The van der Waals surface area contributed by atoms with Crippen LogP contribution in [0.4, 0.5) is 5.13 Å². The first-order valence-electron chi connectivity index (χ1n) is 8.55. The van der Waals surface area contributed by atoms with Gasteiger partial charge in [0.15, 0.2) is 5.13 Å². The topological polar surface area (TPSA) is 69.0 Å². The summed E-state index contributed by atoms with van der Waals surface area (Å²) in [5.41, 5.74) is 4.19. The van der Waals surface area contributed by atoms with Crippen LogP contribution in [-0.2, 0) is 11.3 Å². The lowest BCUT2D eigenvalue weighted by Crippen LogP contribution is -2.18. The Kier molecular flexibility index (Phi) is 5.02. The summed E-state index contributed by atoms with van der Waals surface area (Å²) >= 11 is 7.60. The van der Waals surface area contributed by atoms with Gasteiger partial charge in [0.25, 0.3) is 0 Å². The molecule has 0 aliphatic rings. The number of benzene rings is 2. The molecule has 1 N–H and O–H groups in total. The predicted molar refractivity (Wildman–Crippen MR) is 112 cm³/mol. The van der Waals surface area contributed by atoms with Crippen LogP contribution in [0.15, 0.2) is 48.1 Å². The Balaban J connectivity index is 1.52. The maximum absolute atomic E-state index is 12.5. The van der Waals surface area contributed by atoms with Gasteiger partial charge in [0.1, 0.15) is 12.3 Å². The first kappa shape index (κ1) is 18.5. The number of aryl methyl sites for hydroxylation is 1. The molecule has 2 aromatic carbocycles. The molecule has 4 rings (SSSR count). The Morgan fingerprint density at radius 3 is 2.96 bits per heavy atom. The SMILES string of the molecule is COc1cc(C)c(Cl)cc1-c1csc(NC(=O)Cn2cnc3ccccc32)n1. The summed E-state index contributed by atoms with van der Waals surface area (Å²) in [6.45, 7) is 2.08. The number of amides is 1. The van der Waals surface area contributed by atoms with Gasteiger partial charge in [-0.05, 0) is 36.8 Å². The fourth-order valence-electron chi connectivity index (χ4n) is 2.93. The average molecular weight is 413 g/mol. The van der Waals surface area contributed by atoms with Gasteiger partial charge < -0.3 is 14.6 Å². The molecule has 0 saturated carbocycles. The van der Waals surface area contributed by atoms with Crippen molar-refractivity contribution < 1.29 is 9.53 Å². The molecular formula is C20H17ClN4O2S. The van der Waals surface area contributed by atoms with Crippen molar-refractivity contribution in [3.05, 3.63) is 58.7 Å². The third-order valence-electron chi connectivity index (χ3n) is 4.35. The molecule has 28 heavy (non-hydrogen) atoms. The van der Waals surface area contributed by atoms with E-state index in [2.05, 4.69) is 15.3 Å². The Morgan fingerprint density at radius 1 is 1.32 bits per heavy atom. The van der Waals surface area contributed by atoms with E-state index < -0.39 is 0 Å². The molecule has 6 nitrogen and oxygen atoms in total. The van der Waals surface area contributed by atoms with Gasteiger partial charge in [-0.2, -0.15) is 0 Å². The van der Waals surface area contributed by atoms with Crippen molar-refractivity contribution in [1.29, 1.82) is 0 Å². The zero-order valence-corrected chi connectivity index (χ0v) is 16.8. The highest BCUT2D eigenvalue weighted by Gasteiger charge is 2.14. The Bertz CT molecular complexity index is 1170. The van der Waals surface area contributed by atoms with Crippen molar-refractivity contribution in [2.24, 2.45) is 0 Å². The van der Waals surface area contributed by atoms with Crippen LogP contribution in [0.25, 0.3) is 22.3 Å². The van der Waals surface area contributed by atoms with E-state index in [1.165, 1.54) is 11.3 Å². The van der Waals surface area contributed by atoms with E-state index >= 15 is 0 Å². The van der Waals surface area contributed by atoms with E-state index in [9.17, 15) is 4.79 Å². The van der Waals surface area contributed by atoms with Gasteiger partial charge in [-0.15, -0.1) is 11.3 Å². The molecule has 0 aliphatic carbocycles. The maximum atomic E-state index is 12.5. The van der Waals surface area contributed by atoms with Crippen molar-refractivity contribution in [2.45, 2.75) is 13.5 Å². The third kappa shape index (κ3) is 3.58. The van der Waals surface area contributed by atoms with Crippen LogP contribution in [0, 0.1) is 6.92 Å². The molecule has 0 aliphatic heterocycles. The lowest BCUT2D eigenvalue weighted by atomic mass is 10.1. The molecule has 0 bridgehead atoms. The fourth-order valence-corrected chi connectivity index (χ4v) is 3.82. The molecular weight excluding hydrogens is 396 g/mol. The minimum Gasteiger partial charge on any atom is -0.496 e. The van der Waals surface area contributed by atoms with Crippen molar-refractivity contribution in [1.82, 2.24) is 14.5 Å². The van der Waals surface area contributed by atoms with Crippen molar-refractivity contribution in [3.8, 4) is 17.0 Å². The standard InChI is InChI=1S/C20H17ClN4O2S/c1-12-7-18(27-2)13(8-14(12)21)16-10-28-20(23-16)24-19(26)9-25-11-22-15-5-3-4-6-17(15)25/h3-8,10-11H,9H2,1-2H3,(H,23,24,26). The number of nitrogens with one attached hydrogen (secondary N) is 1. The van der Waals surface area contributed by atoms with Crippen molar-refractivity contribution >= 4 is 45.0 Å². The van der Waals surface area contributed by atoms with Crippen LogP contribution >= 0.6 is 22.9 Å². The Hall–Kier alpha value is -2.90. The lowest BCUT2D eigenvalue weighted by molar-refractivity contribution is -0.116. The smallest absolute Gasteiger partial charge is 0.246 e. The molecule has 0 spiro atoms. The summed E-state index contributed by atoms with van der Waals surface area (Å²) in [6, 6.07) is 11.4. The summed E-state index contributed by atoms with van der Waals surface area (Å²) in [5, 5.41) is 5.87. The first-order chi connectivity index (χ1) is 13.5. The largest absolute Gasteiger partial charge is 0.496 e. The molecule has 0 atom stereocenters. The number of carbonyl (C=O) groups is 1. The molecule has 142 valence electrons. The highest BCUT2D eigenvalue weighted by atomic mass is 35.5. The number of imidazole rings is 1. The molecule has 2 heterocycles. The normalized spacial score (nSPS) is 11.0. The summed E-state index contributed by atoms with van der Waals surface area (Å²) in [4.78, 5) is 21.3. The first-order valence-corrected chi connectivity index (χ1v) is 9.80. The number of methoxy groups -OCH3 is 1. The second-order valence-corrected chi connectivity index (χ2v) is 7.51. The van der Waals surface area contributed by atoms with E-state index in [-0.39, 0.29) is 12.5 Å². The van der Waals surface area contributed by atoms with Crippen molar-refractivity contribution in [2.75, 3.05) is 12.4 Å². The van der Waals surface area contributed by atoms with Gasteiger partial charge in [0.05, 0.1) is 30.2 Å². The molecule has 1 amide bonds. The number of para-hydroxylation sites is 2. The molecule has 0 radical (unpaired) electrons. The van der Waals surface area contributed by atoms with Crippen LogP contribution in [0.5, 0.6) is 5.75 Å². The number of fused-ring (bicyclic) bond motifs is 1. The summed E-state index contributed by atoms with van der Waals surface area (Å²) < 4.78 is 7.25. The van der Waals surface area contributed by atoms with Crippen LogP contribution in [0.1, 0.15) is 5.56 Å². The minimum atomic E-state index is -0.169. The molecule has 2 aromatic heterocycles. The number of halogens is 1.